The third kappa shape index (κ3) is 7.51. The summed E-state index contributed by atoms with van der Waals surface area (Å²) in [6.45, 7) is 15.9. The summed E-state index contributed by atoms with van der Waals surface area (Å²) in [7, 11) is 4.08. The van der Waals surface area contributed by atoms with Crippen molar-refractivity contribution in [2.24, 2.45) is 5.92 Å². The summed E-state index contributed by atoms with van der Waals surface area (Å²) in [5, 5.41) is 0. The van der Waals surface area contributed by atoms with Crippen molar-refractivity contribution in [3.8, 4) is 0 Å². The molecule has 4 nitrogen and oxygen atoms in total. The van der Waals surface area contributed by atoms with E-state index in [1.165, 1.54) is 71.5 Å². The molecular formula is C19H41N3O. The highest BCUT2D eigenvalue weighted by molar-refractivity contribution is 4.82. The van der Waals surface area contributed by atoms with E-state index in [9.17, 15) is 0 Å². The van der Waals surface area contributed by atoms with Crippen molar-refractivity contribution in [3.05, 3.63) is 0 Å². The second-order valence-electron chi connectivity index (χ2n) is 6.98. The highest BCUT2D eigenvalue weighted by atomic mass is 16.5. The third-order valence-corrected chi connectivity index (χ3v) is 5.25. The minimum Gasteiger partial charge on any atom is -0.383 e. The molecule has 0 N–H and O–H groups in total. The van der Waals surface area contributed by atoms with Crippen LogP contribution in [0.5, 0.6) is 0 Å². The van der Waals surface area contributed by atoms with E-state index in [0.717, 1.165) is 12.5 Å². The smallest absolute Gasteiger partial charge is 0.0630 e. The molecule has 0 aromatic heterocycles. The summed E-state index contributed by atoms with van der Waals surface area (Å²) in [5.74, 6) is 0.954. The summed E-state index contributed by atoms with van der Waals surface area (Å²) < 4.78 is 5.44. The molecular weight excluding hydrogens is 286 g/mol. The van der Waals surface area contributed by atoms with Gasteiger partial charge in [-0.3, -0.25) is 4.90 Å². The molecule has 2 heterocycles. The molecule has 0 bridgehead atoms. The Kier molecular flexibility index (Phi) is 11.1. The second kappa shape index (κ2) is 12.2. The average Bonchev–Trinajstić information content (AvgIpc) is 2.59. The number of piperazine rings is 1. The molecule has 0 radical (unpaired) electrons. The Morgan fingerprint density at radius 2 is 1.70 bits per heavy atom. The maximum atomic E-state index is 5.44. The Morgan fingerprint density at radius 1 is 1.00 bits per heavy atom. The topological polar surface area (TPSA) is 19.0 Å². The van der Waals surface area contributed by atoms with Crippen molar-refractivity contribution in [1.82, 2.24) is 14.7 Å². The van der Waals surface area contributed by atoms with Gasteiger partial charge in [0, 0.05) is 32.8 Å². The molecule has 0 amide bonds. The first-order chi connectivity index (χ1) is 11.2. The Bertz CT molecular complexity index is 280. The van der Waals surface area contributed by atoms with E-state index < -0.39 is 0 Å². The van der Waals surface area contributed by atoms with Crippen molar-refractivity contribution in [3.63, 3.8) is 0 Å². The number of piperidine rings is 1. The number of hydrogen-bond acceptors (Lipinski definition) is 4. The Balaban J connectivity index is 0.00000127. The van der Waals surface area contributed by atoms with Crippen LogP contribution in [0.2, 0.25) is 0 Å². The number of rotatable bonds is 7. The van der Waals surface area contributed by atoms with Gasteiger partial charge in [-0.25, -0.2) is 0 Å². The lowest BCUT2D eigenvalue weighted by atomic mass is 9.93. The summed E-state index contributed by atoms with van der Waals surface area (Å²) in [6.07, 6.45) is 5.43. The average molecular weight is 328 g/mol. The van der Waals surface area contributed by atoms with E-state index >= 15 is 0 Å². The van der Waals surface area contributed by atoms with Gasteiger partial charge < -0.3 is 14.5 Å². The van der Waals surface area contributed by atoms with Crippen molar-refractivity contribution >= 4 is 0 Å². The van der Waals surface area contributed by atoms with Crippen LogP contribution in [0.25, 0.3) is 0 Å². The number of likely N-dealkylation sites (tertiary alicyclic amines) is 1. The lowest BCUT2D eigenvalue weighted by molar-refractivity contribution is 0.0225. The fourth-order valence-corrected chi connectivity index (χ4v) is 3.81. The minimum atomic E-state index is 0.598. The normalized spacial score (nSPS) is 25.2. The second-order valence-corrected chi connectivity index (χ2v) is 6.98. The first kappa shape index (κ1) is 20.9. The summed E-state index contributed by atoms with van der Waals surface area (Å²) in [4.78, 5) is 7.76. The van der Waals surface area contributed by atoms with Crippen LogP contribution in [0.1, 0.15) is 46.5 Å². The largest absolute Gasteiger partial charge is 0.383 e. The van der Waals surface area contributed by atoms with Crippen LogP contribution in [0.4, 0.5) is 0 Å². The van der Waals surface area contributed by atoms with Gasteiger partial charge in [0.25, 0.3) is 0 Å². The molecule has 0 aromatic rings. The third-order valence-electron chi connectivity index (χ3n) is 5.25. The van der Waals surface area contributed by atoms with Gasteiger partial charge in [-0.1, -0.05) is 20.8 Å². The number of methoxy groups -OCH3 is 1. The maximum Gasteiger partial charge on any atom is 0.0630 e. The number of nitrogens with zero attached hydrogens (tertiary/aromatic N) is 3. The van der Waals surface area contributed by atoms with Crippen LogP contribution in [0, 0.1) is 5.92 Å². The Morgan fingerprint density at radius 3 is 2.30 bits per heavy atom. The minimum absolute atomic E-state index is 0.598. The molecule has 138 valence electrons. The van der Waals surface area contributed by atoms with Gasteiger partial charge in [0.05, 0.1) is 6.61 Å². The zero-order valence-corrected chi connectivity index (χ0v) is 16.4. The standard InChI is InChI=1S/C17H35N3O.C2H6/c1-4-8-20-13-12-19(14-17(20)15-21-3)11-7-16-5-9-18(2)10-6-16;1-2/h16-17H,4-15H2,1-3H3;1-2H3. The summed E-state index contributed by atoms with van der Waals surface area (Å²) in [5.41, 5.74) is 0. The van der Waals surface area contributed by atoms with Gasteiger partial charge in [-0.2, -0.15) is 0 Å². The fraction of sp³-hybridized carbons (Fsp3) is 1.00. The molecule has 2 saturated heterocycles. The van der Waals surface area contributed by atoms with Gasteiger partial charge in [-0.15, -0.1) is 0 Å². The fourth-order valence-electron chi connectivity index (χ4n) is 3.81. The summed E-state index contributed by atoms with van der Waals surface area (Å²) >= 11 is 0. The van der Waals surface area contributed by atoms with Gasteiger partial charge in [0.2, 0.25) is 0 Å². The molecule has 2 rings (SSSR count). The first-order valence-corrected chi connectivity index (χ1v) is 9.86. The molecule has 0 aromatic carbocycles. The van der Waals surface area contributed by atoms with Gasteiger partial charge in [0.1, 0.15) is 0 Å². The van der Waals surface area contributed by atoms with Crippen LogP contribution < -0.4 is 0 Å². The zero-order valence-electron chi connectivity index (χ0n) is 16.4. The van der Waals surface area contributed by atoms with Gasteiger partial charge in [0.15, 0.2) is 0 Å². The van der Waals surface area contributed by atoms with Crippen LogP contribution in [0.15, 0.2) is 0 Å². The van der Waals surface area contributed by atoms with Crippen LogP contribution in [0.3, 0.4) is 0 Å². The van der Waals surface area contributed by atoms with E-state index in [4.69, 9.17) is 4.74 Å². The van der Waals surface area contributed by atoms with E-state index in [0.29, 0.717) is 6.04 Å². The first-order valence-electron chi connectivity index (χ1n) is 9.86. The molecule has 4 heteroatoms. The Hall–Kier alpha value is -0.160. The molecule has 2 aliphatic heterocycles. The molecule has 0 aliphatic carbocycles. The van der Waals surface area contributed by atoms with E-state index in [1.807, 2.05) is 21.0 Å². The SMILES string of the molecule is CC.CCCN1CCN(CCC2CCN(C)CC2)CC1COC. The van der Waals surface area contributed by atoms with Crippen molar-refractivity contribution in [1.29, 1.82) is 0 Å². The number of ether oxygens (including phenoxy) is 1. The van der Waals surface area contributed by atoms with E-state index in [-0.39, 0.29) is 0 Å². The highest BCUT2D eigenvalue weighted by Gasteiger charge is 2.26. The van der Waals surface area contributed by atoms with Crippen molar-refractivity contribution < 1.29 is 4.74 Å². The monoisotopic (exact) mass is 327 g/mol. The van der Waals surface area contributed by atoms with Gasteiger partial charge >= 0.3 is 0 Å². The highest BCUT2D eigenvalue weighted by Crippen LogP contribution is 2.21. The van der Waals surface area contributed by atoms with Gasteiger partial charge in [-0.05, 0) is 64.8 Å². The van der Waals surface area contributed by atoms with Crippen molar-refractivity contribution in [2.75, 3.05) is 66.6 Å². The van der Waals surface area contributed by atoms with Crippen LogP contribution in [-0.2, 0) is 4.74 Å². The van der Waals surface area contributed by atoms with Crippen LogP contribution in [-0.4, -0.2) is 87.3 Å². The Labute approximate surface area is 145 Å². The molecule has 2 fully saturated rings. The predicted octanol–water partition coefficient (Wildman–Crippen LogP) is 2.79. The van der Waals surface area contributed by atoms with E-state index in [2.05, 4.69) is 28.7 Å². The van der Waals surface area contributed by atoms with Crippen molar-refractivity contribution in [2.45, 2.75) is 52.5 Å². The molecule has 0 spiro atoms. The number of hydrogen-bond donors (Lipinski definition) is 0. The predicted molar refractivity (Wildman–Crippen MR) is 100 cm³/mol. The summed E-state index contributed by atoms with van der Waals surface area (Å²) in [6, 6.07) is 0.598. The van der Waals surface area contributed by atoms with Crippen LogP contribution >= 0.6 is 0 Å². The quantitative estimate of drug-likeness (QED) is 0.716. The molecule has 1 atom stereocenters. The molecule has 1 unspecified atom stereocenters. The molecule has 2 aliphatic rings. The molecule has 0 saturated carbocycles. The lowest BCUT2D eigenvalue weighted by Crippen LogP contribution is -2.55. The maximum absolute atomic E-state index is 5.44. The zero-order chi connectivity index (χ0) is 17.1. The van der Waals surface area contributed by atoms with E-state index in [1.54, 1.807) is 0 Å². The lowest BCUT2D eigenvalue weighted by Gasteiger charge is -2.41. The molecule has 23 heavy (non-hydrogen) atoms.